The van der Waals surface area contributed by atoms with Crippen LogP contribution in [0.3, 0.4) is 0 Å². The van der Waals surface area contributed by atoms with E-state index in [4.69, 9.17) is 5.73 Å². The van der Waals surface area contributed by atoms with Gasteiger partial charge >= 0.3 is 0 Å². The summed E-state index contributed by atoms with van der Waals surface area (Å²) in [5.74, 6) is 1.55. The van der Waals surface area contributed by atoms with E-state index in [0.29, 0.717) is 12.1 Å². The molecule has 0 aromatic heterocycles. The zero-order chi connectivity index (χ0) is 8.97. The topological polar surface area (TPSA) is 55.1 Å². The van der Waals surface area contributed by atoms with E-state index in [1.165, 1.54) is 0 Å². The molecule has 0 bridgehead atoms. The Balaban J connectivity index is 1.93. The lowest BCUT2D eigenvalue weighted by atomic mass is 9.88. The van der Waals surface area contributed by atoms with Gasteiger partial charge < -0.3 is 11.1 Å². The molecular weight excluding hydrogens is 172 g/mol. The van der Waals surface area contributed by atoms with Gasteiger partial charge in [0.2, 0.25) is 0 Å². The molecule has 1 rings (SSSR count). The number of nitrogens with one attached hydrogen (secondary N) is 1. The summed E-state index contributed by atoms with van der Waals surface area (Å²) in [6.07, 6.45) is 2.16. The van der Waals surface area contributed by atoms with Crippen LogP contribution >= 0.6 is 0 Å². The number of hydrogen-bond acceptors (Lipinski definition) is 3. The molecule has 1 fully saturated rings. The van der Waals surface area contributed by atoms with Gasteiger partial charge in [0.1, 0.15) is 0 Å². The van der Waals surface area contributed by atoms with Crippen LogP contribution in [0.2, 0.25) is 0 Å². The van der Waals surface area contributed by atoms with Gasteiger partial charge in [-0.1, -0.05) is 6.92 Å². The van der Waals surface area contributed by atoms with Gasteiger partial charge in [0.15, 0.2) is 0 Å². The molecule has 0 aromatic carbocycles. The molecule has 0 heterocycles. The summed E-state index contributed by atoms with van der Waals surface area (Å²) in [7, 11) is -0.624. The molecule has 0 saturated heterocycles. The van der Waals surface area contributed by atoms with Crippen molar-refractivity contribution >= 4 is 10.8 Å². The second kappa shape index (κ2) is 4.94. The van der Waals surface area contributed by atoms with E-state index in [9.17, 15) is 4.21 Å². The second-order valence-corrected chi connectivity index (χ2v) is 5.18. The SMILES string of the molecule is CCS(=O)CCNC1CC(N)C1. The molecule has 72 valence electrons. The lowest BCUT2D eigenvalue weighted by Crippen LogP contribution is -2.49. The molecular formula is C8H18N2OS. The van der Waals surface area contributed by atoms with Gasteiger partial charge in [0.25, 0.3) is 0 Å². The fraction of sp³-hybridized carbons (Fsp3) is 1.00. The zero-order valence-electron chi connectivity index (χ0n) is 7.58. The van der Waals surface area contributed by atoms with Crippen molar-refractivity contribution < 1.29 is 4.21 Å². The van der Waals surface area contributed by atoms with Crippen molar-refractivity contribution in [1.82, 2.24) is 5.32 Å². The van der Waals surface area contributed by atoms with Gasteiger partial charge in [0.05, 0.1) is 0 Å². The van der Waals surface area contributed by atoms with Gasteiger partial charge in [-0.2, -0.15) is 0 Å². The molecule has 3 nitrogen and oxygen atoms in total. The van der Waals surface area contributed by atoms with Gasteiger partial charge in [-0.15, -0.1) is 0 Å². The minimum Gasteiger partial charge on any atom is -0.328 e. The van der Waals surface area contributed by atoms with Crippen molar-refractivity contribution in [2.45, 2.75) is 31.8 Å². The molecule has 4 heteroatoms. The smallest absolute Gasteiger partial charge is 0.0360 e. The van der Waals surface area contributed by atoms with Crippen molar-refractivity contribution in [1.29, 1.82) is 0 Å². The van der Waals surface area contributed by atoms with Crippen molar-refractivity contribution in [3.05, 3.63) is 0 Å². The highest BCUT2D eigenvalue weighted by atomic mass is 32.2. The fourth-order valence-corrected chi connectivity index (χ4v) is 1.98. The highest BCUT2D eigenvalue weighted by Gasteiger charge is 2.24. The maximum atomic E-state index is 11.0. The Hall–Kier alpha value is 0.0700. The molecule has 0 aromatic rings. The molecule has 12 heavy (non-hydrogen) atoms. The van der Waals surface area contributed by atoms with Crippen LogP contribution in [0.5, 0.6) is 0 Å². The van der Waals surface area contributed by atoms with E-state index in [0.717, 1.165) is 30.9 Å². The molecule has 0 radical (unpaired) electrons. The summed E-state index contributed by atoms with van der Waals surface area (Å²) in [5.41, 5.74) is 5.63. The van der Waals surface area contributed by atoms with Gasteiger partial charge in [-0.05, 0) is 12.8 Å². The van der Waals surface area contributed by atoms with Crippen LogP contribution < -0.4 is 11.1 Å². The maximum Gasteiger partial charge on any atom is 0.0360 e. The molecule has 1 atom stereocenters. The Kier molecular flexibility index (Phi) is 4.18. The lowest BCUT2D eigenvalue weighted by Gasteiger charge is -2.33. The molecule has 1 saturated carbocycles. The zero-order valence-corrected chi connectivity index (χ0v) is 8.40. The number of nitrogens with two attached hydrogens (primary N) is 1. The van der Waals surface area contributed by atoms with Crippen LogP contribution in [0.1, 0.15) is 19.8 Å². The standard InChI is InChI=1S/C8H18N2OS/c1-2-12(11)4-3-10-8-5-7(9)6-8/h7-8,10H,2-6,9H2,1H3. The van der Waals surface area contributed by atoms with Gasteiger partial charge in [-0.25, -0.2) is 0 Å². The van der Waals surface area contributed by atoms with Gasteiger partial charge in [0, 0.05) is 40.9 Å². The Morgan fingerprint density at radius 1 is 1.58 bits per heavy atom. The minimum absolute atomic E-state index is 0.402. The van der Waals surface area contributed by atoms with E-state index in [1.54, 1.807) is 0 Å². The van der Waals surface area contributed by atoms with Crippen molar-refractivity contribution in [2.24, 2.45) is 5.73 Å². The average Bonchev–Trinajstić information content (AvgIpc) is 2.01. The number of hydrogen-bond donors (Lipinski definition) is 2. The van der Waals surface area contributed by atoms with E-state index in [1.807, 2.05) is 6.92 Å². The third-order valence-corrected chi connectivity index (χ3v) is 3.56. The predicted molar refractivity (Wildman–Crippen MR) is 52.6 cm³/mol. The normalized spacial score (nSPS) is 31.2. The molecule has 1 unspecified atom stereocenters. The molecule has 0 amide bonds. The first-order chi connectivity index (χ1) is 5.72. The van der Waals surface area contributed by atoms with Crippen molar-refractivity contribution in [3.8, 4) is 0 Å². The largest absolute Gasteiger partial charge is 0.328 e. The predicted octanol–water partition coefficient (Wildman–Crippen LogP) is -0.166. The summed E-state index contributed by atoms with van der Waals surface area (Å²) in [4.78, 5) is 0. The summed E-state index contributed by atoms with van der Waals surface area (Å²) < 4.78 is 11.0. The summed E-state index contributed by atoms with van der Waals surface area (Å²) in [6.45, 7) is 2.83. The highest BCUT2D eigenvalue weighted by Crippen LogP contribution is 2.16. The van der Waals surface area contributed by atoms with Crippen LogP contribution in [0.4, 0.5) is 0 Å². The third kappa shape index (κ3) is 3.21. The Morgan fingerprint density at radius 3 is 2.75 bits per heavy atom. The quantitative estimate of drug-likeness (QED) is 0.633. The maximum absolute atomic E-state index is 11.0. The Morgan fingerprint density at radius 2 is 2.25 bits per heavy atom. The van der Waals surface area contributed by atoms with Crippen LogP contribution in [0.25, 0.3) is 0 Å². The molecule has 3 N–H and O–H groups in total. The van der Waals surface area contributed by atoms with E-state index in [2.05, 4.69) is 5.32 Å². The Labute approximate surface area is 76.6 Å². The summed E-state index contributed by atoms with van der Waals surface area (Å²) in [6, 6.07) is 0.994. The van der Waals surface area contributed by atoms with Crippen LogP contribution in [-0.2, 0) is 10.8 Å². The average molecular weight is 190 g/mol. The van der Waals surface area contributed by atoms with Crippen LogP contribution in [0, 0.1) is 0 Å². The first-order valence-electron chi connectivity index (χ1n) is 4.56. The first-order valence-corrected chi connectivity index (χ1v) is 6.05. The fourth-order valence-electron chi connectivity index (χ4n) is 1.35. The van der Waals surface area contributed by atoms with Gasteiger partial charge in [-0.3, -0.25) is 4.21 Å². The molecule has 0 spiro atoms. The summed E-state index contributed by atoms with van der Waals surface area (Å²) in [5, 5.41) is 3.34. The summed E-state index contributed by atoms with van der Waals surface area (Å²) >= 11 is 0. The molecule has 1 aliphatic rings. The van der Waals surface area contributed by atoms with Crippen molar-refractivity contribution in [2.75, 3.05) is 18.1 Å². The molecule has 0 aliphatic heterocycles. The van der Waals surface area contributed by atoms with Crippen LogP contribution in [0.15, 0.2) is 0 Å². The monoisotopic (exact) mass is 190 g/mol. The number of rotatable bonds is 5. The third-order valence-electron chi connectivity index (χ3n) is 2.26. The first kappa shape index (κ1) is 10.2. The van der Waals surface area contributed by atoms with E-state index in [-0.39, 0.29) is 0 Å². The minimum atomic E-state index is -0.624. The Bertz CT molecular complexity index is 157. The van der Waals surface area contributed by atoms with E-state index < -0.39 is 10.8 Å². The highest BCUT2D eigenvalue weighted by molar-refractivity contribution is 7.84. The second-order valence-electron chi connectivity index (χ2n) is 3.32. The van der Waals surface area contributed by atoms with E-state index >= 15 is 0 Å². The van der Waals surface area contributed by atoms with Crippen molar-refractivity contribution in [3.63, 3.8) is 0 Å². The van der Waals surface area contributed by atoms with Crippen LogP contribution in [-0.4, -0.2) is 34.3 Å². The lowest BCUT2D eigenvalue weighted by molar-refractivity contribution is 0.297. The molecule has 1 aliphatic carbocycles.